The Kier molecular flexibility index (Phi) is 5.78. The van der Waals surface area contributed by atoms with Crippen molar-refractivity contribution < 1.29 is 0 Å². The molecule has 0 radical (unpaired) electrons. The molecule has 0 spiro atoms. The fourth-order valence-corrected chi connectivity index (χ4v) is 4.83. The lowest BCUT2D eigenvalue weighted by Crippen LogP contribution is -2.57. The Hall–Kier alpha value is -3.36. The van der Waals surface area contributed by atoms with Crippen molar-refractivity contribution in [1.82, 2.24) is 30.0 Å². The zero-order valence-electron chi connectivity index (χ0n) is 19.4. The van der Waals surface area contributed by atoms with Crippen LogP contribution in [0, 0.1) is 6.92 Å². The van der Waals surface area contributed by atoms with E-state index in [0.29, 0.717) is 18.6 Å². The van der Waals surface area contributed by atoms with Gasteiger partial charge in [-0.3, -0.25) is 20.0 Å². The number of aromatic amines is 1. The molecule has 0 bridgehead atoms. The van der Waals surface area contributed by atoms with E-state index >= 15 is 0 Å². The van der Waals surface area contributed by atoms with Crippen LogP contribution in [0.3, 0.4) is 0 Å². The topological polar surface area (TPSA) is 99.9 Å². The molecule has 8 nitrogen and oxygen atoms in total. The summed E-state index contributed by atoms with van der Waals surface area (Å²) in [5, 5.41) is 7.43. The molecule has 0 amide bonds. The molecule has 5 heterocycles. The molecule has 1 aliphatic heterocycles. The monoisotopic (exact) mass is 442 g/mol. The number of nitrogens with one attached hydrogen (secondary N) is 1. The summed E-state index contributed by atoms with van der Waals surface area (Å²) in [6.45, 7) is 10.0. The first-order valence-corrected chi connectivity index (χ1v) is 11.5. The van der Waals surface area contributed by atoms with Crippen molar-refractivity contribution in [2.24, 2.45) is 5.73 Å². The number of H-pyrrole nitrogens is 1. The Labute approximate surface area is 193 Å². The third-order valence-corrected chi connectivity index (χ3v) is 6.42. The highest BCUT2D eigenvalue weighted by molar-refractivity contribution is 5.84. The van der Waals surface area contributed by atoms with E-state index in [4.69, 9.17) is 15.7 Å². The van der Waals surface area contributed by atoms with Crippen LogP contribution in [-0.4, -0.2) is 68.3 Å². The van der Waals surface area contributed by atoms with Crippen LogP contribution in [0.15, 0.2) is 48.8 Å². The molecule has 170 valence electrons. The maximum absolute atomic E-state index is 5.82. The molecule has 1 aliphatic rings. The highest BCUT2D eigenvalue weighted by atomic mass is 15.3. The van der Waals surface area contributed by atoms with Gasteiger partial charge in [0.25, 0.3) is 0 Å². The lowest BCUT2D eigenvalue weighted by molar-refractivity contribution is 0.136. The average Bonchev–Trinajstić information content (AvgIpc) is 3.31. The Morgan fingerprint density at radius 1 is 1.03 bits per heavy atom. The molecule has 4 aromatic rings. The summed E-state index contributed by atoms with van der Waals surface area (Å²) in [5.41, 5.74) is 13.0. The van der Waals surface area contributed by atoms with E-state index in [1.54, 1.807) is 0 Å². The van der Waals surface area contributed by atoms with Gasteiger partial charge >= 0.3 is 0 Å². The van der Waals surface area contributed by atoms with Crippen LogP contribution in [0.2, 0.25) is 0 Å². The van der Waals surface area contributed by atoms with Crippen molar-refractivity contribution in [1.29, 1.82) is 0 Å². The molecule has 2 unspecified atom stereocenters. The van der Waals surface area contributed by atoms with E-state index in [9.17, 15) is 0 Å². The molecule has 1 fully saturated rings. The molecule has 2 atom stereocenters. The molecular formula is C25H30N8. The van der Waals surface area contributed by atoms with Crippen LogP contribution in [0.4, 0.5) is 5.69 Å². The summed E-state index contributed by atoms with van der Waals surface area (Å²) in [4.78, 5) is 19.2. The third-order valence-electron chi connectivity index (χ3n) is 6.42. The smallest absolute Gasteiger partial charge is 0.120 e. The summed E-state index contributed by atoms with van der Waals surface area (Å²) in [7, 11) is 0. The van der Waals surface area contributed by atoms with Gasteiger partial charge in [0.1, 0.15) is 5.69 Å². The van der Waals surface area contributed by atoms with Crippen molar-refractivity contribution in [3.8, 4) is 22.6 Å². The number of anilines is 1. The number of aryl methyl sites for hydroxylation is 1. The number of piperazine rings is 1. The zero-order valence-corrected chi connectivity index (χ0v) is 19.4. The van der Waals surface area contributed by atoms with Crippen molar-refractivity contribution in [2.45, 2.75) is 32.9 Å². The Bertz CT molecular complexity index is 1250. The summed E-state index contributed by atoms with van der Waals surface area (Å²) >= 11 is 0. The fraction of sp³-hybridized carbons (Fsp3) is 0.360. The van der Waals surface area contributed by atoms with E-state index in [0.717, 1.165) is 64.7 Å². The third kappa shape index (κ3) is 4.19. The van der Waals surface area contributed by atoms with E-state index < -0.39 is 0 Å². The van der Waals surface area contributed by atoms with Crippen molar-refractivity contribution in [3.05, 3.63) is 54.5 Å². The van der Waals surface area contributed by atoms with Crippen molar-refractivity contribution in [3.63, 3.8) is 0 Å². The van der Waals surface area contributed by atoms with Gasteiger partial charge in [0.2, 0.25) is 0 Å². The average molecular weight is 443 g/mol. The van der Waals surface area contributed by atoms with Gasteiger partial charge in [-0.1, -0.05) is 6.07 Å². The van der Waals surface area contributed by atoms with Crippen molar-refractivity contribution in [2.75, 3.05) is 31.1 Å². The predicted octanol–water partition coefficient (Wildman–Crippen LogP) is 3.25. The summed E-state index contributed by atoms with van der Waals surface area (Å²) in [5.74, 6) is 0. The summed E-state index contributed by atoms with van der Waals surface area (Å²) < 4.78 is 0. The number of rotatable bonds is 5. The first-order chi connectivity index (χ1) is 16.0. The van der Waals surface area contributed by atoms with Gasteiger partial charge in [0.05, 0.1) is 34.3 Å². The second kappa shape index (κ2) is 8.88. The number of pyridine rings is 3. The summed E-state index contributed by atoms with van der Waals surface area (Å²) in [6, 6.07) is 13.0. The zero-order chi connectivity index (χ0) is 22.9. The molecule has 0 aliphatic carbocycles. The lowest BCUT2D eigenvalue weighted by atomic mass is 10.1. The Balaban J connectivity index is 1.47. The van der Waals surface area contributed by atoms with E-state index in [2.05, 4.69) is 44.9 Å². The molecule has 33 heavy (non-hydrogen) atoms. The van der Waals surface area contributed by atoms with Gasteiger partial charge in [-0.2, -0.15) is 5.10 Å². The van der Waals surface area contributed by atoms with Gasteiger partial charge in [0, 0.05) is 55.7 Å². The molecular weight excluding hydrogens is 412 g/mol. The molecule has 8 heteroatoms. The minimum absolute atomic E-state index is 0.433. The molecule has 3 N–H and O–H groups in total. The number of fused-ring (bicyclic) bond motifs is 1. The number of aromatic nitrogens is 5. The second-order valence-electron chi connectivity index (χ2n) is 8.87. The maximum Gasteiger partial charge on any atom is 0.120 e. The van der Waals surface area contributed by atoms with Crippen LogP contribution in [-0.2, 0) is 0 Å². The SMILES string of the molecule is Cc1cccc(-c2n[nH]cc2-c2ccc3ncc(N4CC(C)N(CCN)C(C)C4)cc3n2)n1. The van der Waals surface area contributed by atoms with Gasteiger partial charge in [-0.25, -0.2) is 4.98 Å². The maximum atomic E-state index is 5.82. The minimum atomic E-state index is 0.433. The predicted molar refractivity (Wildman–Crippen MR) is 132 cm³/mol. The van der Waals surface area contributed by atoms with Crippen LogP contribution in [0.25, 0.3) is 33.7 Å². The van der Waals surface area contributed by atoms with Crippen LogP contribution in [0.1, 0.15) is 19.5 Å². The van der Waals surface area contributed by atoms with Gasteiger partial charge in [-0.05, 0) is 51.1 Å². The van der Waals surface area contributed by atoms with Crippen molar-refractivity contribution >= 4 is 16.7 Å². The number of hydrogen-bond acceptors (Lipinski definition) is 7. The van der Waals surface area contributed by atoms with Crippen LogP contribution in [0.5, 0.6) is 0 Å². The van der Waals surface area contributed by atoms with Gasteiger partial charge in [0.15, 0.2) is 0 Å². The first kappa shape index (κ1) is 21.5. The highest BCUT2D eigenvalue weighted by Crippen LogP contribution is 2.30. The van der Waals surface area contributed by atoms with E-state index in [-0.39, 0.29) is 0 Å². The molecule has 0 aromatic carbocycles. The van der Waals surface area contributed by atoms with E-state index in [1.165, 1.54) is 0 Å². The summed E-state index contributed by atoms with van der Waals surface area (Å²) in [6.07, 6.45) is 3.84. The number of hydrogen-bond donors (Lipinski definition) is 2. The molecule has 0 saturated carbocycles. The standard InChI is InChI=1S/C25H30N8/c1-16-5-4-6-23(29-16)25-20(13-28-31-25)21-7-8-22-24(30-21)11-19(12-27-22)32-14-17(2)33(10-9-26)18(3)15-32/h4-8,11-13,17-18H,9-10,14-15,26H2,1-3H3,(H,28,31). The van der Waals surface area contributed by atoms with Crippen LogP contribution < -0.4 is 10.6 Å². The largest absolute Gasteiger partial charge is 0.367 e. The first-order valence-electron chi connectivity index (χ1n) is 11.5. The molecule has 1 saturated heterocycles. The Morgan fingerprint density at radius 3 is 2.61 bits per heavy atom. The Morgan fingerprint density at radius 2 is 1.85 bits per heavy atom. The van der Waals surface area contributed by atoms with Gasteiger partial charge in [-0.15, -0.1) is 0 Å². The number of nitrogens with zero attached hydrogens (tertiary/aromatic N) is 6. The molecule has 4 aromatic heterocycles. The second-order valence-corrected chi connectivity index (χ2v) is 8.87. The number of nitrogens with two attached hydrogens (primary N) is 1. The lowest BCUT2D eigenvalue weighted by Gasteiger charge is -2.45. The van der Waals surface area contributed by atoms with Crippen LogP contribution >= 0.6 is 0 Å². The quantitative estimate of drug-likeness (QED) is 0.489. The fourth-order valence-electron chi connectivity index (χ4n) is 4.83. The molecule has 5 rings (SSSR count). The van der Waals surface area contributed by atoms with Gasteiger partial charge < -0.3 is 10.6 Å². The highest BCUT2D eigenvalue weighted by Gasteiger charge is 2.29. The minimum Gasteiger partial charge on any atom is -0.367 e. The normalized spacial score (nSPS) is 19.3. The van der Waals surface area contributed by atoms with E-state index in [1.807, 2.05) is 49.6 Å².